The summed E-state index contributed by atoms with van der Waals surface area (Å²) in [4.78, 5) is 15.6. The van der Waals surface area contributed by atoms with E-state index < -0.39 is 12.2 Å². The molecule has 0 aromatic carbocycles. The summed E-state index contributed by atoms with van der Waals surface area (Å²) in [5.74, 6) is 0.0905. The van der Waals surface area contributed by atoms with E-state index in [1.165, 1.54) is 13.1 Å². The van der Waals surface area contributed by atoms with Crippen molar-refractivity contribution in [1.29, 1.82) is 0 Å². The molecule has 0 bridgehead atoms. The first-order valence-electron chi connectivity index (χ1n) is 4.91. The summed E-state index contributed by atoms with van der Waals surface area (Å²) >= 11 is 0. The van der Waals surface area contributed by atoms with E-state index >= 15 is 0 Å². The summed E-state index contributed by atoms with van der Waals surface area (Å²) in [7, 11) is 0. The fourth-order valence-electron chi connectivity index (χ4n) is 1.35. The van der Waals surface area contributed by atoms with Crippen molar-refractivity contribution in [3.05, 3.63) is 11.9 Å². The van der Waals surface area contributed by atoms with Gasteiger partial charge in [0.2, 0.25) is 5.95 Å². The number of nitrogens with two attached hydrogens (primary N) is 2. The van der Waals surface area contributed by atoms with Gasteiger partial charge in [0.25, 0.3) is 0 Å². The van der Waals surface area contributed by atoms with Gasteiger partial charge in [-0.1, -0.05) is 0 Å². The number of hydrogen-bond donors (Lipinski definition) is 4. The van der Waals surface area contributed by atoms with Crippen LogP contribution < -0.4 is 11.5 Å². The van der Waals surface area contributed by atoms with Crippen molar-refractivity contribution < 1.29 is 10.2 Å². The summed E-state index contributed by atoms with van der Waals surface area (Å²) in [5.41, 5.74) is 11.7. The highest BCUT2D eigenvalue weighted by atomic mass is 16.3. The zero-order valence-electron chi connectivity index (χ0n) is 9.07. The van der Waals surface area contributed by atoms with Crippen molar-refractivity contribution in [3.63, 3.8) is 0 Å². The molecule has 0 fully saturated rings. The minimum absolute atomic E-state index is 0.00752. The first-order valence-corrected chi connectivity index (χ1v) is 4.91. The number of fused-ring (bicyclic) bond motifs is 1. The molecule has 0 radical (unpaired) electrons. The topological polar surface area (TPSA) is 144 Å². The standard InChI is InChI=1S/C9H12N6O2/c1-3(16)6(17)4-2-12-8-5(13-4)7(10)14-9(11)15-8/h2-3,6,16-17H,1H3,(H4,10,11,12,14,15)/t3-,6-/m0/s1. The molecule has 0 aliphatic carbocycles. The van der Waals surface area contributed by atoms with Crippen LogP contribution in [0.15, 0.2) is 6.20 Å². The fraction of sp³-hybridized carbons (Fsp3) is 0.333. The lowest BCUT2D eigenvalue weighted by Gasteiger charge is -2.12. The van der Waals surface area contributed by atoms with Gasteiger partial charge in [-0.2, -0.15) is 9.97 Å². The maximum Gasteiger partial charge on any atom is 0.224 e. The normalized spacial score (nSPS) is 14.8. The Bertz CT molecular complexity index is 558. The molecule has 8 heteroatoms. The van der Waals surface area contributed by atoms with Gasteiger partial charge in [-0.05, 0) is 6.92 Å². The molecule has 8 nitrogen and oxygen atoms in total. The van der Waals surface area contributed by atoms with Crippen molar-refractivity contribution in [2.45, 2.75) is 19.1 Å². The third-order valence-electron chi connectivity index (χ3n) is 2.23. The van der Waals surface area contributed by atoms with Crippen LogP contribution in [0.2, 0.25) is 0 Å². The molecule has 0 aliphatic rings. The van der Waals surface area contributed by atoms with Crippen LogP contribution in [0.3, 0.4) is 0 Å². The van der Waals surface area contributed by atoms with E-state index in [9.17, 15) is 10.2 Å². The molecule has 0 spiro atoms. The predicted octanol–water partition coefficient (Wildman–Crippen LogP) is -1.00. The highest BCUT2D eigenvalue weighted by molar-refractivity contribution is 5.81. The molecule has 17 heavy (non-hydrogen) atoms. The molecule has 2 heterocycles. The number of rotatable bonds is 2. The van der Waals surface area contributed by atoms with Crippen LogP contribution in [0.1, 0.15) is 18.7 Å². The third-order valence-corrected chi connectivity index (χ3v) is 2.23. The van der Waals surface area contributed by atoms with E-state index in [2.05, 4.69) is 19.9 Å². The molecule has 0 amide bonds. The molecule has 90 valence electrons. The van der Waals surface area contributed by atoms with E-state index in [1.54, 1.807) is 0 Å². The second kappa shape index (κ2) is 4.07. The van der Waals surface area contributed by atoms with Crippen LogP contribution in [-0.4, -0.2) is 36.3 Å². The van der Waals surface area contributed by atoms with Gasteiger partial charge >= 0.3 is 0 Å². The fourth-order valence-corrected chi connectivity index (χ4v) is 1.35. The van der Waals surface area contributed by atoms with Gasteiger partial charge in [-0.3, -0.25) is 0 Å². The average molecular weight is 236 g/mol. The smallest absolute Gasteiger partial charge is 0.224 e. The van der Waals surface area contributed by atoms with E-state index in [0.29, 0.717) is 0 Å². The summed E-state index contributed by atoms with van der Waals surface area (Å²) < 4.78 is 0. The zero-order chi connectivity index (χ0) is 12.6. The SMILES string of the molecule is C[C@H](O)[C@H](O)c1cnc2nc(N)nc(N)c2n1. The Morgan fingerprint density at radius 1 is 1.18 bits per heavy atom. The molecule has 2 atom stereocenters. The molecular weight excluding hydrogens is 224 g/mol. The molecule has 2 aromatic heterocycles. The van der Waals surface area contributed by atoms with Crippen LogP contribution in [0.4, 0.5) is 11.8 Å². The molecule has 6 N–H and O–H groups in total. The van der Waals surface area contributed by atoms with E-state index in [1.807, 2.05) is 0 Å². The van der Waals surface area contributed by atoms with Crippen molar-refractivity contribution in [3.8, 4) is 0 Å². The minimum atomic E-state index is -1.14. The largest absolute Gasteiger partial charge is 0.390 e. The minimum Gasteiger partial charge on any atom is -0.390 e. The highest BCUT2D eigenvalue weighted by Crippen LogP contribution is 2.19. The predicted molar refractivity (Wildman–Crippen MR) is 60.6 cm³/mol. The number of aromatic nitrogens is 4. The monoisotopic (exact) mass is 236 g/mol. The Morgan fingerprint density at radius 2 is 1.88 bits per heavy atom. The summed E-state index contributed by atoms with van der Waals surface area (Å²) in [6.45, 7) is 1.44. The van der Waals surface area contributed by atoms with Gasteiger partial charge in [0.1, 0.15) is 6.10 Å². The second-order valence-corrected chi connectivity index (χ2v) is 3.62. The van der Waals surface area contributed by atoms with Crippen LogP contribution in [0.5, 0.6) is 0 Å². The van der Waals surface area contributed by atoms with E-state index in [4.69, 9.17) is 11.5 Å². The molecule has 0 unspecified atom stereocenters. The van der Waals surface area contributed by atoms with Gasteiger partial charge in [-0.25, -0.2) is 9.97 Å². The first kappa shape index (κ1) is 11.4. The maximum absolute atomic E-state index is 9.64. The lowest BCUT2D eigenvalue weighted by molar-refractivity contribution is 0.0278. The van der Waals surface area contributed by atoms with Crippen LogP contribution in [0.25, 0.3) is 11.2 Å². The van der Waals surface area contributed by atoms with Gasteiger partial charge in [0.05, 0.1) is 18.0 Å². The summed E-state index contributed by atoms with van der Waals surface area (Å²) in [5, 5.41) is 18.9. The number of anilines is 2. The Balaban J connectivity index is 2.58. The van der Waals surface area contributed by atoms with Gasteiger partial charge < -0.3 is 21.7 Å². The molecular formula is C9H12N6O2. The molecule has 0 saturated carbocycles. The lowest BCUT2D eigenvalue weighted by Crippen LogP contribution is -2.16. The van der Waals surface area contributed by atoms with Crippen molar-refractivity contribution >= 4 is 22.9 Å². The third kappa shape index (κ3) is 2.08. The van der Waals surface area contributed by atoms with Crippen LogP contribution in [-0.2, 0) is 0 Å². The number of nitrogen functional groups attached to an aromatic ring is 2. The quantitative estimate of drug-likeness (QED) is 0.519. The van der Waals surface area contributed by atoms with Gasteiger partial charge in [0.15, 0.2) is 17.0 Å². The van der Waals surface area contributed by atoms with Crippen LogP contribution in [0, 0.1) is 0 Å². The maximum atomic E-state index is 9.64. The molecule has 0 saturated heterocycles. The molecule has 2 rings (SSSR count). The van der Waals surface area contributed by atoms with Crippen LogP contribution >= 0.6 is 0 Å². The van der Waals surface area contributed by atoms with Gasteiger partial charge in [0, 0.05) is 0 Å². The zero-order valence-corrected chi connectivity index (χ0v) is 9.07. The van der Waals surface area contributed by atoms with Crippen molar-refractivity contribution in [2.24, 2.45) is 0 Å². The Kier molecular flexibility index (Phi) is 2.74. The van der Waals surface area contributed by atoms with Crippen molar-refractivity contribution in [1.82, 2.24) is 19.9 Å². The number of aliphatic hydroxyl groups is 2. The second-order valence-electron chi connectivity index (χ2n) is 3.62. The van der Waals surface area contributed by atoms with E-state index in [0.717, 1.165) is 0 Å². The average Bonchev–Trinajstić information content (AvgIpc) is 2.27. The Hall–Kier alpha value is -2.06. The lowest BCUT2D eigenvalue weighted by atomic mass is 10.2. The van der Waals surface area contributed by atoms with E-state index in [-0.39, 0.29) is 28.6 Å². The summed E-state index contributed by atoms with van der Waals surface area (Å²) in [6.07, 6.45) is -0.785. The Labute approximate surface area is 96.4 Å². The molecule has 0 aliphatic heterocycles. The number of nitrogens with zero attached hydrogens (tertiary/aromatic N) is 4. The summed E-state index contributed by atoms with van der Waals surface area (Å²) in [6, 6.07) is 0. The number of aliphatic hydroxyl groups excluding tert-OH is 2. The molecule has 2 aromatic rings. The number of hydrogen-bond acceptors (Lipinski definition) is 8. The van der Waals surface area contributed by atoms with Gasteiger partial charge in [-0.15, -0.1) is 0 Å². The Morgan fingerprint density at radius 3 is 2.53 bits per heavy atom. The first-order chi connectivity index (χ1) is 7.99. The highest BCUT2D eigenvalue weighted by Gasteiger charge is 2.17. The van der Waals surface area contributed by atoms with Crippen molar-refractivity contribution in [2.75, 3.05) is 11.5 Å².